The van der Waals surface area contributed by atoms with Crippen LogP contribution in [0.4, 0.5) is 4.39 Å². The Morgan fingerprint density at radius 3 is 2.48 bits per heavy atom. The molecule has 0 radical (unpaired) electrons. The van der Waals surface area contributed by atoms with Gasteiger partial charge in [0.2, 0.25) is 10.0 Å². The van der Waals surface area contributed by atoms with E-state index in [2.05, 4.69) is 12.2 Å². The van der Waals surface area contributed by atoms with E-state index in [9.17, 15) is 17.6 Å². The molecule has 21 heavy (non-hydrogen) atoms. The number of hydrogen-bond donors (Lipinski definition) is 2. The molecule has 1 saturated carbocycles. The third-order valence-electron chi connectivity index (χ3n) is 3.85. The first kappa shape index (κ1) is 15.9. The van der Waals surface area contributed by atoms with Crippen molar-refractivity contribution >= 4 is 15.9 Å². The summed E-state index contributed by atoms with van der Waals surface area (Å²) in [6, 6.07) is 3.25. The van der Waals surface area contributed by atoms with E-state index < -0.39 is 26.6 Å². The Morgan fingerprint density at radius 2 is 1.90 bits per heavy atom. The molecule has 1 aromatic rings. The molecule has 116 valence electrons. The van der Waals surface area contributed by atoms with Gasteiger partial charge >= 0.3 is 0 Å². The standard InChI is InChI=1S/C14H19FN2O3S/c1-9-2-5-11(6-3-9)17-14(18)10-4-7-12(15)13(8-10)21(16,19)20/h4,7-9,11H,2-3,5-6H2,1H3,(H,17,18)(H2,16,19,20). The molecule has 0 saturated heterocycles. The number of amides is 1. The molecule has 0 bridgehead atoms. The van der Waals surface area contributed by atoms with Crippen molar-refractivity contribution in [1.82, 2.24) is 5.32 Å². The van der Waals surface area contributed by atoms with Gasteiger partial charge in [-0.25, -0.2) is 17.9 Å². The Kier molecular flexibility index (Phi) is 4.63. The van der Waals surface area contributed by atoms with Crippen molar-refractivity contribution in [3.8, 4) is 0 Å². The lowest BCUT2D eigenvalue weighted by Gasteiger charge is -2.26. The van der Waals surface area contributed by atoms with Crippen LogP contribution in [0, 0.1) is 11.7 Å². The average Bonchev–Trinajstić information content (AvgIpc) is 2.40. The van der Waals surface area contributed by atoms with Crippen LogP contribution < -0.4 is 10.5 Å². The van der Waals surface area contributed by atoms with Crippen LogP contribution in [0.3, 0.4) is 0 Å². The van der Waals surface area contributed by atoms with Gasteiger partial charge in [-0.2, -0.15) is 0 Å². The van der Waals surface area contributed by atoms with Gasteiger partial charge in [0.1, 0.15) is 10.7 Å². The normalized spacial score (nSPS) is 22.8. The Labute approximate surface area is 123 Å². The van der Waals surface area contributed by atoms with Crippen molar-refractivity contribution in [3.63, 3.8) is 0 Å². The summed E-state index contributed by atoms with van der Waals surface area (Å²) < 4.78 is 36.0. The minimum absolute atomic E-state index is 0.0803. The fourth-order valence-electron chi connectivity index (χ4n) is 2.54. The van der Waals surface area contributed by atoms with Crippen molar-refractivity contribution in [1.29, 1.82) is 0 Å². The summed E-state index contributed by atoms with van der Waals surface area (Å²) in [6.45, 7) is 2.18. The molecule has 5 nitrogen and oxygen atoms in total. The monoisotopic (exact) mass is 314 g/mol. The van der Waals surface area contributed by atoms with Gasteiger partial charge in [-0.05, 0) is 49.8 Å². The maximum Gasteiger partial charge on any atom is 0.251 e. The number of sulfonamides is 1. The summed E-state index contributed by atoms with van der Waals surface area (Å²) in [7, 11) is -4.18. The van der Waals surface area contributed by atoms with E-state index in [1.165, 1.54) is 6.07 Å². The van der Waals surface area contributed by atoms with E-state index in [-0.39, 0.29) is 11.6 Å². The van der Waals surface area contributed by atoms with Gasteiger partial charge in [0, 0.05) is 11.6 Å². The summed E-state index contributed by atoms with van der Waals surface area (Å²) in [6.07, 6.45) is 3.90. The molecule has 0 aliphatic heterocycles. The summed E-state index contributed by atoms with van der Waals surface area (Å²) in [5, 5.41) is 7.78. The van der Waals surface area contributed by atoms with E-state index in [0.717, 1.165) is 37.8 Å². The highest BCUT2D eigenvalue weighted by molar-refractivity contribution is 7.89. The minimum Gasteiger partial charge on any atom is -0.349 e. The van der Waals surface area contributed by atoms with Gasteiger partial charge in [-0.15, -0.1) is 0 Å². The lowest BCUT2D eigenvalue weighted by atomic mass is 9.87. The summed E-state index contributed by atoms with van der Waals surface area (Å²) >= 11 is 0. The van der Waals surface area contributed by atoms with Crippen molar-refractivity contribution in [2.75, 3.05) is 0 Å². The van der Waals surface area contributed by atoms with Gasteiger partial charge in [0.25, 0.3) is 5.91 Å². The van der Waals surface area contributed by atoms with E-state index in [1.807, 2.05) is 0 Å². The van der Waals surface area contributed by atoms with E-state index >= 15 is 0 Å². The molecule has 0 aromatic heterocycles. The number of carbonyl (C=O) groups is 1. The Bertz CT molecular complexity index is 638. The van der Waals surface area contributed by atoms with Crippen LogP contribution in [0.15, 0.2) is 23.1 Å². The molecule has 1 aliphatic rings. The fraction of sp³-hybridized carbons (Fsp3) is 0.500. The third-order valence-corrected chi connectivity index (χ3v) is 4.78. The Morgan fingerprint density at radius 1 is 1.29 bits per heavy atom. The lowest BCUT2D eigenvalue weighted by molar-refractivity contribution is 0.0922. The van der Waals surface area contributed by atoms with Crippen LogP contribution in [-0.2, 0) is 10.0 Å². The molecule has 3 N–H and O–H groups in total. The molecule has 0 heterocycles. The Hall–Kier alpha value is -1.47. The molecular formula is C14H19FN2O3S. The van der Waals surface area contributed by atoms with Crippen LogP contribution in [0.2, 0.25) is 0 Å². The van der Waals surface area contributed by atoms with Crippen LogP contribution in [-0.4, -0.2) is 20.4 Å². The first-order valence-corrected chi connectivity index (χ1v) is 8.45. The van der Waals surface area contributed by atoms with Crippen LogP contribution in [0.25, 0.3) is 0 Å². The number of carbonyl (C=O) groups excluding carboxylic acids is 1. The molecule has 1 fully saturated rings. The maximum absolute atomic E-state index is 13.4. The topological polar surface area (TPSA) is 89.3 Å². The number of rotatable bonds is 3. The molecular weight excluding hydrogens is 295 g/mol. The quantitative estimate of drug-likeness (QED) is 0.891. The van der Waals surface area contributed by atoms with Gasteiger partial charge in [0.05, 0.1) is 0 Å². The van der Waals surface area contributed by atoms with E-state index in [4.69, 9.17) is 5.14 Å². The highest BCUT2D eigenvalue weighted by atomic mass is 32.2. The number of halogens is 1. The minimum atomic E-state index is -4.18. The Balaban J connectivity index is 2.13. The first-order chi connectivity index (χ1) is 9.77. The number of benzene rings is 1. The smallest absolute Gasteiger partial charge is 0.251 e. The van der Waals surface area contributed by atoms with Crippen molar-refractivity contribution in [3.05, 3.63) is 29.6 Å². The highest BCUT2D eigenvalue weighted by Crippen LogP contribution is 2.24. The predicted molar refractivity (Wildman–Crippen MR) is 76.7 cm³/mol. The zero-order valence-corrected chi connectivity index (χ0v) is 12.6. The third kappa shape index (κ3) is 4.01. The van der Waals surface area contributed by atoms with Gasteiger partial charge in [-0.3, -0.25) is 4.79 Å². The fourth-order valence-corrected chi connectivity index (χ4v) is 3.17. The van der Waals surface area contributed by atoms with E-state index in [0.29, 0.717) is 5.92 Å². The zero-order valence-electron chi connectivity index (χ0n) is 11.8. The largest absolute Gasteiger partial charge is 0.349 e. The second kappa shape index (κ2) is 6.11. The van der Waals surface area contributed by atoms with Crippen LogP contribution in [0.1, 0.15) is 43.0 Å². The van der Waals surface area contributed by atoms with Gasteiger partial charge in [-0.1, -0.05) is 6.92 Å². The molecule has 0 spiro atoms. The number of primary sulfonamides is 1. The average molecular weight is 314 g/mol. The summed E-state index contributed by atoms with van der Waals surface area (Å²) in [4.78, 5) is 11.5. The molecule has 0 unspecified atom stereocenters. The number of hydrogen-bond acceptors (Lipinski definition) is 3. The van der Waals surface area contributed by atoms with Crippen molar-refractivity contribution in [2.24, 2.45) is 11.1 Å². The zero-order chi connectivity index (χ0) is 15.6. The summed E-state index contributed by atoms with van der Waals surface area (Å²) in [5.74, 6) is -0.696. The highest BCUT2D eigenvalue weighted by Gasteiger charge is 2.22. The first-order valence-electron chi connectivity index (χ1n) is 6.90. The summed E-state index contributed by atoms with van der Waals surface area (Å²) in [5.41, 5.74) is 0.0963. The second-order valence-electron chi connectivity index (χ2n) is 5.62. The van der Waals surface area contributed by atoms with Crippen LogP contribution in [0.5, 0.6) is 0 Å². The molecule has 0 atom stereocenters. The lowest BCUT2D eigenvalue weighted by Crippen LogP contribution is -2.37. The van der Waals surface area contributed by atoms with Gasteiger partial charge < -0.3 is 5.32 Å². The number of nitrogens with one attached hydrogen (secondary N) is 1. The molecule has 7 heteroatoms. The van der Waals surface area contributed by atoms with E-state index in [1.54, 1.807) is 0 Å². The molecule has 1 aliphatic carbocycles. The number of nitrogens with two attached hydrogens (primary N) is 1. The second-order valence-corrected chi connectivity index (χ2v) is 7.15. The predicted octanol–water partition coefficient (Wildman–Crippen LogP) is 1.78. The molecule has 1 amide bonds. The van der Waals surface area contributed by atoms with Crippen LogP contribution >= 0.6 is 0 Å². The maximum atomic E-state index is 13.4. The molecule has 1 aromatic carbocycles. The molecule has 2 rings (SSSR count). The SMILES string of the molecule is CC1CCC(NC(=O)c2ccc(F)c(S(N)(=O)=O)c2)CC1. The van der Waals surface area contributed by atoms with Gasteiger partial charge in [0.15, 0.2) is 0 Å². The van der Waals surface area contributed by atoms with Crippen molar-refractivity contribution in [2.45, 2.75) is 43.5 Å². The van der Waals surface area contributed by atoms with Crippen molar-refractivity contribution < 1.29 is 17.6 Å².